The van der Waals surface area contributed by atoms with Gasteiger partial charge in [-0.2, -0.15) is 5.10 Å². The van der Waals surface area contributed by atoms with Crippen molar-refractivity contribution >= 4 is 0 Å². The largest absolute Gasteiger partial charge is 0.504 e. The molecule has 0 saturated heterocycles. The zero-order valence-electron chi connectivity index (χ0n) is 12.7. The molecule has 1 rings (SSSR count). The number of nitrogens with zero attached hydrogens (tertiary/aromatic N) is 2. The standard InChI is InChI=1S/C15H28N2O/c1-7-12(6)17-14(9-11(4)5)15(18)13(16-17)8-10(2)3/h10-12,18H,7-9H2,1-6H3. The molecular weight excluding hydrogens is 224 g/mol. The highest BCUT2D eigenvalue weighted by molar-refractivity contribution is 5.33. The summed E-state index contributed by atoms with van der Waals surface area (Å²) in [7, 11) is 0. The van der Waals surface area contributed by atoms with E-state index >= 15 is 0 Å². The molecule has 1 aromatic rings. The number of hydrogen-bond donors (Lipinski definition) is 1. The Labute approximate surface area is 111 Å². The Morgan fingerprint density at radius 2 is 1.61 bits per heavy atom. The van der Waals surface area contributed by atoms with Crippen LogP contribution in [-0.4, -0.2) is 14.9 Å². The van der Waals surface area contributed by atoms with Crippen molar-refractivity contribution in [3.05, 3.63) is 11.4 Å². The van der Waals surface area contributed by atoms with Crippen molar-refractivity contribution in [2.45, 2.75) is 66.8 Å². The lowest BCUT2D eigenvalue weighted by Crippen LogP contribution is -2.12. The fourth-order valence-corrected chi connectivity index (χ4v) is 2.15. The summed E-state index contributed by atoms with van der Waals surface area (Å²) in [5, 5.41) is 15.0. The minimum absolute atomic E-state index is 0.352. The smallest absolute Gasteiger partial charge is 0.160 e. The van der Waals surface area contributed by atoms with Crippen LogP contribution in [0.15, 0.2) is 0 Å². The first-order valence-electron chi connectivity index (χ1n) is 7.15. The molecule has 1 atom stereocenters. The van der Waals surface area contributed by atoms with E-state index < -0.39 is 0 Å². The Kier molecular flexibility index (Phi) is 5.24. The zero-order valence-corrected chi connectivity index (χ0v) is 12.7. The number of rotatable bonds is 6. The van der Waals surface area contributed by atoms with Crippen molar-refractivity contribution in [1.29, 1.82) is 0 Å². The molecule has 0 fully saturated rings. The van der Waals surface area contributed by atoms with Gasteiger partial charge in [-0.05, 0) is 38.0 Å². The second-order valence-electron chi connectivity index (χ2n) is 6.14. The average molecular weight is 252 g/mol. The van der Waals surface area contributed by atoms with Gasteiger partial charge >= 0.3 is 0 Å². The summed E-state index contributed by atoms with van der Waals surface area (Å²) >= 11 is 0. The van der Waals surface area contributed by atoms with Crippen LogP contribution in [-0.2, 0) is 12.8 Å². The number of hydrogen-bond acceptors (Lipinski definition) is 2. The van der Waals surface area contributed by atoms with E-state index in [2.05, 4.69) is 46.6 Å². The first kappa shape index (κ1) is 15.1. The Bertz CT molecular complexity index is 380. The lowest BCUT2D eigenvalue weighted by molar-refractivity contribution is 0.424. The van der Waals surface area contributed by atoms with Crippen LogP contribution in [0.25, 0.3) is 0 Å². The second kappa shape index (κ2) is 6.26. The van der Waals surface area contributed by atoms with Gasteiger partial charge in [-0.1, -0.05) is 34.6 Å². The van der Waals surface area contributed by atoms with Crippen molar-refractivity contribution in [2.24, 2.45) is 11.8 Å². The van der Waals surface area contributed by atoms with Crippen LogP contribution in [0.1, 0.15) is 65.4 Å². The van der Waals surface area contributed by atoms with Crippen molar-refractivity contribution in [3.63, 3.8) is 0 Å². The fraction of sp³-hybridized carbons (Fsp3) is 0.800. The molecular formula is C15H28N2O. The summed E-state index contributed by atoms with van der Waals surface area (Å²) in [5.41, 5.74) is 1.87. The lowest BCUT2D eigenvalue weighted by atomic mass is 10.0. The highest BCUT2D eigenvalue weighted by Crippen LogP contribution is 2.29. The van der Waals surface area contributed by atoms with E-state index in [0.717, 1.165) is 30.7 Å². The summed E-state index contributed by atoms with van der Waals surface area (Å²) < 4.78 is 2.03. The van der Waals surface area contributed by atoms with Crippen molar-refractivity contribution < 1.29 is 5.11 Å². The predicted octanol–water partition coefficient (Wildman–Crippen LogP) is 3.96. The maximum absolute atomic E-state index is 10.4. The van der Waals surface area contributed by atoms with Crippen LogP contribution in [0.5, 0.6) is 5.75 Å². The topological polar surface area (TPSA) is 38.0 Å². The van der Waals surface area contributed by atoms with E-state index in [9.17, 15) is 5.11 Å². The van der Waals surface area contributed by atoms with E-state index in [4.69, 9.17) is 0 Å². The molecule has 0 aliphatic heterocycles. The normalized spacial score (nSPS) is 13.6. The molecule has 0 bridgehead atoms. The molecule has 0 saturated carbocycles. The van der Waals surface area contributed by atoms with Crippen molar-refractivity contribution in [1.82, 2.24) is 9.78 Å². The molecule has 0 amide bonds. The Morgan fingerprint density at radius 1 is 1.06 bits per heavy atom. The predicted molar refractivity (Wildman–Crippen MR) is 76.0 cm³/mol. The van der Waals surface area contributed by atoms with Gasteiger partial charge in [0.05, 0.1) is 5.69 Å². The van der Waals surface area contributed by atoms with Gasteiger partial charge in [0, 0.05) is 6.04 Å². The van der Waals surface area contributed by atoms with Crippen molar-refractivity contribution in [2.75, 3.05) is 0 Å². The van der Waals surface area contributed by atoms with Gasteiger partial charge in [-0.25, -0.2) is 0 Å². The summed E-state index contributed by atoms with van der Waals surface area (Å²) in [5.74, 6) is 1.48. The summed E-state index contributed by atoms with van der Waals surface area (Å²) in [4.78, 5) is 0. The van der Waals surface area contributed by atoms with Gasteiger partial charge in [0.2, 0.25) is 0 Å². The third-order valence-electron chi connectivity index (χ3n) is 3.26. The fourth-order valence-electron chi connectivity index (χ4n) is 2.15. The van der Waals surface area contributed by atoms with Crippen LogP contribution < -0.4 is 0 Å². The first-order chi connectivity index (χ1) is 8.36. The van der Waals surface area contributed by atoms with Gasteiger partial charge in [-0.3, -0.25) is 4.68 Å². The number of aromatic hydroxyl groups is 1. The Balaban J connectivity index is 3.13. The molecule has 3 heteroatoms. The van der Waals surface area contributed by atoms with E-state index in [1.807, 2.05) is 4.68 Å². The van der Waals surface area contributed by atoms with Crippen LogP contribution in [0, 0.1) is 11.8 Å². The van der Waals surface area contributed by atoms with E-state index in [1.54, 1.807) is 0 Å². The maximum atomic E-state index is 10.4. The Morgan fingerprint density at radius 3 is 2.06 bits per heavy atom. The summed E-state index contributed by atoms with van der Waals surface area (Å²) in [6.07, 6.45) is 2.77. The van der Waals surface area contributed by atoms with Crippen LogP contribution in [0.4, 0.5) is 0 Å². The third-order valence-corrected chi connectivity index (χ3v) is 3.26. The van der Waals surface area contributed by atoms with Gasteiger partial charge in [0.25, 0.3) is 0 Å². The molecule has 0 aliphatic rings. The molecule has 1 aromatic heterocycles. The van der Waals surface area contributed by atoms with E-state index in [0.29, 0.717) is 23.6 Å². The molecule has 1 N–H and O–H groups in total. The minimum atomic E-state index is 0.352. The van der Waals surface area contributed by atoms with Crippen LogP contribution in [0.2, 0.25) is 0 Å². The molecule has 1 unspecified atom stereocenters. The van der Waals surface area contributed by atoms with Gasteiger partial charge < -0.3 is 5.11 Å². The van der Waals surface area contributed by atoms with E-state index in [1.165, 1.54) is 0 Å². The molecule has 0 spiro atoms. The third kappa shape index (κ3) is 3.50. The monoisotopic (exact) mass is 252 g/mol. The molecule has 104 valence electrons. The molecule has 0 aromatic carbocycles. The molecule has 0 aliphatic carbocycles. The molecule has 3 nitrogen and oxygen atoms in total. The van der Waals surface area contributed by atoms with Gasteiger partial charge in [0.15, 0.2) is 5.75 Å². The summed E-state index contributed by atoms with van der Waals surface area (Å²) in [6, 6.07) is 0.352. The van der Waals surface area contributed by atoms with Crippen LogP contribution >= 0.6 is 0 Å². The van der Waals surface area contributed by atoms with Crippen LogP contribution in [0.3, 0.4) is 0 Å². The SMILES string of the molecule is CCC(C)n1nc(CC(C)C)c(O)c1CC(C)C. The van der Waals surface area contributed by atoms with Crippen molar-refractivity contribution in [3.8, 4) is 5.75 Å². The van der Waals surface area contributed by atoms with E-state index in [-0.39, 0.29) is 0 Å². The quantitative estimate of drug-likeness (QED) is 0.832. The lowest BCUT2D eigenvalue weighted by Gasteiger charge is -2.14. The molecule has 1 heterocycles. The van der Waals surface area contributed by atoms with Gasteiger partial charge in [0.1, 0.15) is 5.69 Å². The highest BCUT2D eigenvalue weighted by Gasteiger charge is 2.20. The second-order valence-corrected chi connectivity index (χ2v) is 6.14. The number of aromatic nitrogens is 2. The minimum Gasteiger partial charge on any atom is -0.504 e. The summed E-state index contributed by atoms with van der Waals surface area (Å²) in [6.45, 7) is 13.0. The first-order valence-corrected chi connectivity index (χ1v) is 7.15. The average Bonchev–Trinajstić information content (AvgIpc) is 2.55. The van der Waals surface area contributed by atoms with Gasteiger partial charge in [-0.15, -0.1) is 0 Å². The zero-order chi connectivity index (χ0) is 13.9. The maximum Gasteiger partial charge on any atom is 0.160 e. The highest BCUT2D eigenvalue weighted by atomic mass is 16.3. The molecule has 0 radical (unpaired) electrons. The molecule has 18 heavy (non-hydrogen) atoms. The Hall–Kier alpha value is -0.990.